The van der Waals surface area contributed by atoms with Crippen LogP contribution in [0.3, 0.4) is 0 Å². The van der Waals surface area contributed by atoms with E-state index in [1.54, 1.807) is 4.90 Å². The van der Waals surface area contributed by atoms with Crippen molar-refractivity contribution in [1.82, 2.24) is 9.80 Å². The van der Waals surface area contributed by atoms with Gasteiger partial charge in [-0.3, -0.25) is 4.79 Å². The molecule has 5 heteroatoms. The van der Waals surface area contributed by atoms with Gasteiger partial charge in [0.25, 0.3) is 5.91 Å². The number of piperidine rings is 1. The fraction of sp³-hybridized carbons (Fsp3) is 0.435. The van der Waals surface area contributed by atoms with Crippen molar-refractivity contribution in [1.29, 1.82) is 0 Å². The highest BCUT2D eigenvalue weighted by molar-refractivity contribution is 5.78. The summed E-state index contributed by atoms with van der Waals surface area (Å²) < 4.78 is 5.72. The molecule has 1 N–H and O–H groups in total. The molecule has 1 aliphatic heterocycles. The van der Waals surface area contributed by atoms with Crippen LogP contribution in [0, 0.1) is 13.8 Å². The average molecular weight is 383 g/mol. The Labute approximate surface area is 167 Å². The molecule has 3 rings (SSSR count). The van der Waals surface area contributed by atoms with Crippen LogP contribution in [0.1, 0.15) is 23.1 Å². The fourth-order valence-corrected chi connectivity index (χ4v) is 3.84. The Morgan fingerprint density at radius 3 is 2.54 bits per heavy atom. The molecule has 0 saturated carbocycles. The van der Waals surface area contributed by atoms with E-state index in [-0.39, 0.29) is 18.6 Å². The zero-order valence-corrected chi connectivity index (χ0v) is 17.2. The van der Waals surface area contributed by atoms with Crippen molar-refractivity contribution >= 4 is 5.91 Å². The minimum absolute atomic E-state index is 0.00636. The van der Waals surface area contributed by atoms with E-state index in [9.17, 15) is 9.90 Å². The molecule has 1 saturated heterocycles. The van der Waals surface area contributed by atoms with Gasteiger partial charge in [0.1, 0.15) is 11.4 Å². The molecule has 2 aromatic carbocycles. The molecule has 28 heavy (non-hydrogen) atoms. The van der Waals surface area contributed by atoms with Gasteiger partial charge < -0.3 is 19.6 Å². The number of hydrogen-bond donors (Lipinski definition) is 1. The number of carbonyl (C=O) groups is 1. The fourth-order valence-electron chi connectivity index (χ4n) is 3.84. The number of benzene rings is 2. The molecule has 1 amide bonds. The van der Waals surface area contributed by atoms with Gasteiger partial charge in [0, 0.05) is 13.1 Å². The minimum atomic E-state index is -0.976. The summed E-state index contributed by atoms with van der Waals surface area (Å²) in [7, 11) is 3.89. The SMILES string of the molecule is Cc1ccc(OCC(=O)N2CC[C@](O)(c3ccccc3)[C@H](N(C)C)C2)cc1C. The molecule has 0 bridgehead atoms. The molecule has 5 nitrogen and oxygen atoms in total. The van der Waals surface area contributed by atoms with Gasteiger partial charge in [-0.05, 0) is 63.2 Å². The molecule has 0 aliphatic carbocycles. The van der Waals surface area contributed by atoms with Gasteiger partial charge in [-0.25, -0.2) is 0 Å². The van der Waals surface area contributed by atoms with E-state index in [4.69, 9.17) is 4.74 Å². The molecule has 2 atom stereocenters. The molecule has 0 aromatic heterocycles. The first-order valence-electron chi connectivity index (χ1n) is 9.73. The van der Waals surface area contributed by atoms with E-state index in [0.717, 1.165) is 11.1 Å². The van der Waals surface area contributed by atoms with Crippen molar-refractivity contribution in [3.05, 3.63) is 65.2 Å². The van der Waals surface area contributed by atoms with E-state index in [0.29, 0.717) is 25.3 Å². The summed E-state index contributed by atoms with van der Waals surface area (Å²) >= 11 is 0. The number of hydrogen-bond acceptors (Lipinski definition) is 4. The maximum Gasteiger partial charge on any atom is 0.260 e. The van der Waals surface area contributed by atoms with Crippen LogP contribution in [-0.2, 0) is 10.4 Å². The summed E-state index contributed by atoms with van der Waals surface area (Å²) in [5.41, 5.74) is 2.26. The van der Waals surface area contributed by atoms with Crippen LogP contribution in [0.2, 0.25) is 0 Å². The number of ether oxygens (including phenoxy) is 1. The number of amides is 1. The normalized spacial score (nSPS) is 22.4. The van der Waals surface area contributed by atoms with E-state index < -0.39 is 5.60 Å². The van der Waals surface area contributed by atoms with E-state index in [1.165, 1.54) is 5.56 Å². The molecule has 2 aromatic rings. The molecule has 150 valence electrons. The number of aryl methyl sites for hydroxylation is 2. The van der Waals surface area contributed by atoms with Crippen molar-refractivity contribution in [3.8, 4) is 5.75 Å². The lowest BCUT2D eigenvalue weighted by atomic mass is 9.80. The zero-order valence-electron chi connectivity index (χ0n) is 17.2. The van der Waals surface area contributed by atoms with Crippen molar-refractivity contribution in [3.63, 3.8) is 0 Å². The molecule has 1 heterocycles. The predicted molar refractivity (Wildman–Crippen MR) is 110 cm³/mol. The Morgan fingerprint density at radius 1 is 1.18 bits per heavy atom. The Balaban J connectivity index is 1.67. The van der Waals surface area contributed by atoms with Crippen LogP contribution in [0.15, 0.2) is 48.5 Å². The monoisotopic (exact) mass is 382 g/mol. The summed E-state index contributed by atoms with van der Waals surface area (Å²) in [4.78, 5) is 16.5. The van der Waals surface area contributed by atoms with Crippen molar-refractivity contribution in [2.45, 2.75) is 31.9 Å². The summed E-state index contributed by atoms with van der Waals surface area (Å²) in [6.45, 7) is 5.05. The molecule has 0 unspecified atom stereocenters. The van der Waals surface area contributed by atoms with Gasteiger partial charge in [-0.15, -0.1) is 0 Å². The second kappa shape index (κ2) is 8.33. The smallest absolute Gasteiger partial charge is 0.260 e. The van der Waals surface area contributed by atoms with Crippen LogP contribution < -0.4 is 4.74 Å². The number of likely N-dealkylation sites (tertiary alicyclic amines) is 1. The molecule has 0 spiro atoms. The maximum absolute atomic E-state index is 12.7. The Kier molecular flexibility index (Phi) is 6.06. The standard InChI is InChI=1S/C23H30N2O3/c1-17-10-11-20(14-18(17)2)28-16-22(26)25-13-12-23(27,21(15-25)24(3)4)19-8-6-5-7-9-19/h5-11,14,21,27H,12-13,15-16H2,1-4H3/t21-,23+/m1/s1. The number of rotatable bonds is 5. The Hall–Kier alpha value is -2.37. The number of nitrogens with zero attached hydrogens (tertiary/aromatic N) is 2. The van der Waals surface area contributed by atoms with Gasteiger partial charge >= 0.3 is 0 Å². The molecular formula is C23H30N2O3. The van der Waals surface area contributed by atoms with Gasteiger partial charge in [0.15, 0.2) is 6.61 Å². The Morgan fingerprint density at radius 2 is 1.89 bits per heavy atom. The highest BCUT2D eigenvalue weighted by Crippen LogP contribution is 2.35. The second-order valence-electron chi connectivity index (χ2n) is 7.89. The summed E-state index contributed by atoms with van der Waals surface area (Å²) in [6.07, 6.45) is 0.495. The van der Waals surface area contributed by atoms with Crippen LogP contribution in [-0.4, -0.2) is 60.6 Å². The third kappa shape index (κ3) is 4.21. The van der Waals surface area contributed by atoms with Gasteiger partial charge in [-0.1, -0.05) is 36.4 Å². The lowest BCUT2D eigenvalue weighted by molar-refractivity contribution is -0.144. The van der Waals surface area contributed by atoms with E-state index in [1.807, 2.05) is 81.4 Å². The lowest BCUT2D eigenvalue weighted by Crippen LogP contribution is -2.60. The average Bonchev–Trinajstić information content (AvgIpc) is 2.69. The molecule has 1 fully saturated rings. The summed E-state index contributed by atoms with van der Waals surface area (Å²) in [6, 6.07) is 15.4. The predicted octanol–water partition coefficient (Wildman–Crippen LogP) is 2.73. The largest absolute Gasteiger partial charge is 0.484 e. The van der Waals surface area contributed by atoms with E-state index in [2.05, 4.69) is 0 Å². The van der Waals surface area contributed by atoms with Gasteiger partial charge in [0.05, 0.1) is 6.04 Å². The first kappa shape index (κ1) is 20.4. The third-order valence-corrected chi connectivity index (χ3v) is 5.80. The highest BCUT2D eigenvalue weighted by atomic mass is 16.5. The Bertz CT molecular complexity index is 822. The number of likely N-dealkylation sites (N-methyl/N-ethyl adjacent to an activating group) is 1. The maximum atomic E-state index is 12.7. The van der Waals surface area contributed by atoms with Crippen LogP contribution in [0.4, 0.5) is 0 Å². The third-order valence-electron chi connectivity index (χ3n) is 5.80. The molecule has 1 aliphatic rings. The van der Waals surface area contributed by atoms with Crippen LogP contribution >= 0.6 is 0 Å². The van der Waals surface area contributed by atoms with Crippen LogP contribution in [0.25, 0.3) is 0 Å². The lowest BCUT2D eigenvalue weighted by Gasteiger charge is -2.47. The number of aliphatic hydroxyl groups is 1. The second-order valence-corrected chi connectivity index (χ2v) is 7.89. The topological polar surface area (TPSA) is 53.0 Å². The zero-order chi connectivity index (χ0) is 20.3. The van der Waals surface area contributed by atoms with Crippen molar-refractivity contribution in [2.75, 3.05) is 33.8 Å². The first-order chi connectivity index (χ1) is 13.3. The number of carbonyl (C=O) groups excluding carboxylic acids is 1. The van der Waals surface area contributed by atoms with Crippen molar-refractivity contribution < 1.29 is 14.6 Å². The highest BCUT2D eigenvalue weighted by Gasteiger charge is 2.45. The molecule has 0 radical (unpaired) electrons. The van der Waals surface area contributed by atoms with Crippen molar-refractivity contribution in [2.24, 2.45) is 0 Å². The van der Waals surface area contributed by atoms with E-state index >= 15 is 0 Å². The van der Waals surface area contributed by atoms with Crippen LogP contribution in [0.5, 0.6) is 5.75 Å². The summed E-state index contributed by atoms with van der Waals surface area (Å²) in [5.74, 6) is 0.651. The van der Waals surface area contributed by atoms with Gasteiger partial charge in [0.2, 0.25) is 0 Å². The quantitative estimate of drug-likeness (QED) is 0.864. The first-order valence-corrected chi connectivity index (χ1v) is 9.73. The summed E-state index contributed by atoms with van der Waals surface area (Å²) in [5, 5.41) is 11.4. The van der Waals surface area contributed by atoms with Gasteiger partial charge in [-0.2, -0.15) is 0 Å². The minimum Gasteiger partial charge on any atom is -0.484 e. The molecular weight excluding hydrogens is 352 g/mol.